The molecule has 0 bridgehead atoms. The van der Waals surface area contributed by atoms with E-state index in [-0.39, 0.29) is 0 Å². The van der Waals surface area contributed by atoms with Crippen molar-refractivity contribution < 1.29 is 0 Å². The number of hydrogen-bond acceptors (Lipinski definition) is 1. The molecule has 0 aromatic heterocycles. The van der Waals surface area contributed by atoms with Gasteiger partial charge in [-0.25, -0.2) is 0 Å². The summed E-state index contributed by atoms with van der Waals surface area (Å²) in [7, 11) is 0. The highest BCUT2D eigenvalue weighted by Crippen LogP contribution is 2.23. The molecule has 19 heavy (non-hydrogen) atoms. The van der Waals surface area contributed by atoms with Crippen molar-refractivity contribution in [1.82, 2.24) is 0 Å². The van der Waals surface area contributed by atoms with Gasteiger partial charge in [-0.2, -0.15) is 0 Å². The highest BCUT2D eigenvalue weighted by molar-refractivity contribution is 5.66. The van der Waals surface area contributed by atoms with Crippen molar-refractivity contribution in [3.05, 3.63) is 41.5 Å². The molecule has 2 N–H and O–H groups in total. The summed E-state index contributed by atoms with van der Waals surface area (Å²) >= 11 is 0. The SMILES string of the molecule is CCC/C=C(\CCCC)c1cccc(CCCN)c1. The molecule has 1 heteroatoms. The van der Waals surface area contributed by atoms with Crippen LogP contribution in [0.5, 0.6) is 0 Å². The molecule has 106 valence electrons. The molecule has 0 aliphatic heterocycles. The maximum Gasteiger partial charge on any atom is -0.00741 e. The van der Waals surface area contributed by atoms with Crippen molar-refractivity contribution in [2.24, 2.45) is 5.73 Å². The van der Waals surface area contributed by atoms with Gasteiger partial charge in [-0.3, -0.25) is 0 Å². The summed E-state index contributed by atoms with van der Waals surface area (Å²) in [4.78, 5) is 0. The second kappa shape index (κ2) is 9.80. The summed E-state index contributed by atoms with van der Waals surface area (Å²) in [6, 6.07) is 9.01. The fourth-order valence-corrected chi connectivity index (χ4v) is 2.28. The van der Waals surface area contributed by atoms with E-state index >= 15 is 0 Å². The molecule has 0 saturated carbocycles. The van der Waals surface area contributed by atoms with Crippen LogP contribution in [0.15, 0.2) is 30.3 Å². The summed E-state index contributed by atoms with van der Waals surface area (Å²) in [5.74, 6) is 0. The Morgan fingerprint density at radius 3 is 2.68 bits per heavy atom. The molecule has 0 radical (unpaired) electrons. The van der Waals surface area contributed by atoms with E-state index in [9.17, 15) is 0 Å². The van der Waals surface area contributed by atoms with Crippen LogP contribution in [0.1, 0.15) is 63.5 Å². The molecule has 0 saturated heterocycles. The molecule has 0 aliphatic carbocycles. The zero-order valence-corrected chi connectivity index (χ0v) is 12.6. The molecule has 0 atom stereocenters. The van der Waals surface area contributed by atoms with Crippen LogP contribution >= 0.6 is 0 Å². The maximum atomic E-state index is 5.59. The van der Waals surface area contributed by atoms with Gasteiger partial charge in [-0.1, -0.05) is 57.0 Å². The Morgan fingerprint density at radius 2 is 2.00 bits per heavy atom. The lowest BCUT2D eigenvalue weighted by Crippen LogP contribution is -2.00. The minimum Gasteiger partial charge on any atom is -0.330 e. The van der Waals surface area contributed by atoms with E-state index in [2.05, 4.69) is 44.2 Å². The molecule has 0 amide bonds. The second-order valence-corrected chi connectivity index (χ2v) is 5.21. The standard InChI is InChI=1S/C18H29N/c1-3-5-11-17(12-6-4-2)18-13-7-9-16(15-18)10-8-14-19/h7,9,11,13,15H,3-6,8,10,12,14,19H2,1-2H3/b17-11+. The van der Waals surface area contributed by atoms with Gasteiger partial charge in [0.15, 0.2) is 0 Å². The zero-order valence-electron chi connectivity index (χ0n) is 12.6. The summed E-state index contributed by atoms with van der Waals surface area (Å²) < 4.78 is 0. The highest BCUT2D eigenvalue weighted by Gasteiger charge is 2.02. The summed E-state index contributed by atoms with van der Waals surface area (Å²) in [5, 5.41) is 0. The third-order valence-electron chi connectivity index (χ3n) is 3.45. The van der Waals surface area contributed by atoms with E-state index in [4.69, 9.17) is 5.73 Å². The number of nitrogens with two attached hydrogens (primary N) is 1. The minimum absolute atomic E-state index is 0.776. The van der Waals surface area contributed by atoms with E-state index in [0.717, 1.165) is 19.4 Å². The maximum absolute atomic E-state index is 5.59. The molecule has 1 rings (SSSR count). The smallest absolute Gasteiger partial charge is 0.00741 e. The van der Waals surface area contributed by atoms with Crippen LogP contribution in [-0.2, 0) is 6.42 Å². The fraction of sp³-hybridized carbons (Fsp3) is 0.556. The number of aryl methyl sites for hydroxylation is 1. The lowest BCUT2D eigenvalue weighted by molar-refractivity contribution is 0.818. The normalized spacial score (nSPS) is 11.8. The van der Waals surface area contributed by atoms with Crippen molar-refractivity contribution >= 4 is 5.57 Å². The van der Waals surface area contributed by atoms with Gasteiger partial charge in [-0.05, 0) is 55.3 Å². The molecule has 0 unspecified atom stereocenters. The van der Waals surface area contributed by atoms with Gasteiger partial charge in [0.1, 0.15) is 0 Å². The lowest BCUT2D eigenvalue weighted by atomic mass is 9.96. The Hall–Kier alpha value is -1.08. The monoisotopic (exact) mass is 259 g/mol. The van der Waals surface area contributed by atoms with E-state index in [1.807, 2.05) is 0 Å². The first-order valence-corrected chi connectivity index (χ1v) is 7.80. The third-order valence-corrected chi connectivity index (χ3v) is 3.45. The molecule has 0 aliphatic rings. The molecule has 0 fully saturated rings. The van der Waals surface area contributed by atoms with Gasteiger partial charge in [0.05, 0.1) is 0 Å². The lowest BCUT2D eigenvalue weighted by Gasteiger charge is -2.10. The van der Waals surface area contributed by atoms with E-state index < -0.39 is 0 Å². The van der Waals surface area contributed by atoms with Gasteiger partial charge < -0.3 is 5.73 Å². The van der Waals surface area contributed by atoms with Crippen molar-refractivity contribution in [2.45, 2.75) is 58.8 Å². The van der Waals surface area contributed by atoms with Gasteiger partial charge in [-0.15, -0.1) is 0 Å². The van der Waals surface area contributed by atoms with Gasteiger partial charge in [0, 0.05) is 0 Å². The van der Waals surface area contributed by atoms with E-state index in [0.29, 0.717) is 0 Å². The van der Waals surface area contributed by atoms with Gasteiger partial charge in [0.2, 0.25) is 0 Å². The minimum atomic E-state index is 0.776. The van der Waals surface area contributed by atoms with Crippen LogP contribution < -0.4 is 5.73 Å². The summed E-state index contributed by atoms with van der Waals surface area (Å²) in [6.07, 6.45) is 10.8. The van der Waals surface area contributed by atoms with Gasteiger partial charge in [0.25, 0.3) is 0 Å². The molecule has 1 aromatic carbocycles. The molecule has 0 heterocycles. The number of hydrogen-bond donors (Lipinski definition) is 1. The van der Waals surface area contributed by atoms with Crippen LogP contribution in [0.25, 0.3) is 5.57 Å². The average molecular weight is 259 g/mol. The average Bonchev–Trinajstić information content (AvgIpc) is 2.45. The third kappa shape index (κ3) is 6.07. The Bertz CT molecular complexity index is 379. The Kier molecular flexibility index (Phi) is 8.24. The summed E-state index contributed by atoms with van der Waals surface area (Å²) in [5.41, 5.74) is 9.95. The summed E-state index contributed by atoms with van der Waals surface area (Å²) in [6.45, 7) is 5.28. The number of allylic oxidation sites excluding steroid dienone is 2. The molecule has 1 aromatic rings. The van der Waals surface area contributed by atoms with Crippen LogP contribution in [0.4, 0.5) is 0 Å². The Balaban J connectivity index is 2.82. The van der Waals surface area contributed by atoms with Crippen LogP contribution in [0.2, 0.25) is 0 Å². The fourth-order valence-electron chi connectivity index (χ4n) is 2.28. The number of rotatable bonds is 9. The van der Waals surface area contributed by atoms with Gasteiger partial charge >= 0.3 is 0 Å². The molecular formula is C18H29N. The highest BCUT2D eigenvalue weighted by atomic mass is 14.5. The van der Waals surface area contributed by atoms with E-state index in [1.165, 1.54) is 48.8 Å². The Labute approximate surface area is 118 Å². The molecule has 1 nitrogen and oxygen atoms in total. The van der Waals surface area contributed by atoms with Crippen LogP contribution in [0, 0.1) is 0 Å². The number of benzene rings is 1. The first-order chi connectivity index (χ1) is 9.31. The molecular weight excluding hydrogens is 230 g/mol. The first kappa shape index (κ1) is 16.0. The predicted octanol–water partition coefficient (Wildman–Crippen LogP) is 4.95. The van der Waals surface area contributed by atoms with Crippen LogP contribution in [-0.4, -0.2) is 6.54 Å². The second-order valence-electron chi connectivity index (χ2n) is 5.21. The zero-order chi connectivity index (χ0) is 13.9. The predicted molar refractivity (Wildman–Crippen MR) is 86.2 cm³/mol. The van der Waals surface area contributed by atoms with Crippen molar-refractivity contribution in [2.75, 3.05) is 6.54 Å². The largest absolute Gasteiger partial charge is 0.330 e. The van der Waals surface area contributed by atoms with E-state index in [1.54, 1.807) is 0 Å². The quantitative estimate of drug-likeness (QED) is 0.667. The first-order valence-electron chi connectivity index (χ1n) is 7.80. The topological polar surface area (TPSA) is 26.0 Å². The van der Waals surface area contributed by atoms with Crippen molar-refractivity contribution in [3.8, 4) is 0 Å². The van der Waals surface area contributed by atoms with Crippen molar-refractivity contribution in [1.29, 1.82) is 0 Å². The van der Waals surface area contributed by atoms with Crippen LogP contribution in [0.3, 0.4) is 0 Å². The van der Waals surface area contributed by atoms with Crippen molar-refractivity contribution in [3.63, 3.8) is 0 Å². The molecule has 0 spiro atoms. The number of unbranched alkanes of at least 4 members (excludes halogenated alkanes) is 2. The Morgan fingerprint density at radius 1 is 1.16 bits per heavy atom.